The van der Waals surface area contributed by atoms with Crippen LogP contribution in [0.15, 0.2) is 24.3 Å². The lowest BCUT2D eigenvalue weighted by atomic mass is 9.94. The summed E-state index contributed by atoms with van der Waals surface area (Å²) in [7, 11) is 3.98. The van der Waals surface area contributed by atoms with E-state index in [4.69, 9.17) is 11.1 Å². The lowest BCUT2D eigenvalue weighted by molar-refractivity contribution is -0.144. The van der Waals surface area contributed by atoms with Crippen LogP contribution in [-0.4, -0.2) is 78.5 Å². The number of nitrogen functional groups attached to an aromatic ring is 1. The Morgan fingerprint density at radius 3 is 2.19 bits per heavy atom. The molecule has 0 spiro atoms. The number of carbonyl (C=O) groups is 5. The normalized spacial score (nSPS) is 12.3. The molecule has 1 aromatic carbocycles. The third-order valence-corrected chi connectivity index (χ3v) is 6.80. The Balaban J connectivity index is 2.33. The summed E-state index contributed by atoms with van der Waals surface area (Å²) in [4.78, 5) is 62.4. The van der Waals surface area contributed by atoms with E-state index in [0.717, 1.165) is 19.4 Å². The van der Waals surface area contributed by atoms with Gasteiger partial charge in [-0.1, -0.05) is 13.3 Å². The molecule has 7 N–H and O–H groups in total. The molecule has 42 heavy (non-hydrogen) atoms. The minimum absolute atomic E-state index is 0.0303. The van der Waals surface area contributed by atoms with Crippen molar-refractivity contribution in [2.24, 2.45) is 11.7 Å². The smallest absolute Gasteiger partial charge is 0.306 e. The number of amidine groups is 1. The zero-order valence-electron chi connectivity index (χ0n) is 25.2. The Morgan fingerprint density at radius 2 is 1.60 bits per heavy atom. The van der Waals surface area contributed by atoms with Crippen molar-refractivity contribution >= 4 is 41.0 Å². The van der Waals surface area contributed by atoms with E-state index in [1.54, 1.807) is 31.2 Å². The van der Waals surface area contributed by atoms with Gasteiger partial charge in [0.2, 0.25) is 17.7 Å². The number of hydrogen-bond acceptors (Lipinski definition) is 7. The van der Waals surface area contributed by atoms with Gasteiger partial charge < -0.3 is 31.7 Å². The molecule has 0 aliphatic rings. The predicted molar refractivity (Wildman–Crippen MR) is 162 cm³/mol. The first-order chi connectivity index (χ1) is 19.9. The molecule has 12 heteroatoms. The number of carbonyl (C=O) groups excluding carboxylic acids is 4. The highest BCUT2D eigenvalue weighted by atomic mass is 16.4. The maximum absolute atomic E-state index is 12.4. The fourth-order valence-corrected chi connectivity index (χ4v) is 4.31. The number of benzene rings is 1. The molecule has 2 unspecified atom stereocenters. The highest BCUT2D eigenvalue weighted by molar-refractivity contribution is 5.97. The van der Waals surface area contributed by atoms with Gasteiger partial charge in [0.05, 0.1) is 5.92 Å². The third-order valence-electron chi connectivity index (χ3n) is 6.80. The molecule has 0 fully saturated rings. The molecule has 0 saturated carbocycles. The standard InChI is InChI=1S/C30H48N6O6/c1-4-26(38)34-23(9-7-19-36(2)3)14-16-27(39)33-18-6-5-8-22(30(41)42)20-25(37)15-17-28(40)35-24-12-10-21(11-13-24)29(31)32/h10-13,22-23H,4-9,14-20H2,1-3H3,(H3,31,32)(H,33,39)(H,34,38)(H,35,40)(H,41,42). The van der Waals surface area contributed by atoms with Crippen molar-refractivity contribution in [3.05, 3.63) is 29.8 Å². The van der Waals surface area contributed by atoms with Crippen LogP contribution in [0, 0.1) is 11.3 Å². The van der Waals surface area contributed by atoms with Crippen LogP contribution in [0.5, 0.6) is 0 Å². The predicted octanol–water partition coefficient (Wildman–Crippen LogP) is 2.65. The van der Waals surface area contributed by atoms with Crippen molar-refractivity contribution in [2.45, 2.75) is 83.6 Å². The fourth-order valence-electron chi connectivity index (χ4n) is 4.31. The lowest BCUT2D eigenvalue weighted by Gasteiger charge is -2.19. The van der Waals surface area contributed by atoms with Crippen molar-refractivity contribution in [1.29, 1.82) is 5.41 Å². The van der Waals surface area contributed by atoms with E-state index in [1.807, 2.05) is 14.1 Å². The summed E-state index contributed by atoms with van der Waals surface area (Å²) >= 11 is 0. The van der Waals surface area contributed by atoms with Crippen molar-refractivity contribution in [2.75, 3.05) is 32.5 Å². The summed E-state index contributed by atoms with van der Waals surface area (Å²) in [5.74, 6) is -2.80. The maximum Gasteiger partial charge on any atom is 0.306 e. The van der Waals surface area contributed by atoms with Crippen molar-refractivity contribution in [3.8, 4) is 0 Å². The van der Waals surface area contributed by atoms with Gasteiger partial charge in [-0.3, -0.25) is 29.4 Å². The molecule has 3 amide bonds. The van der Waals surface area contributed by atoms with Crippen LogP contribution >= 0.6 is 0 Å². The van der Waals surface area contributed by atoms with Gasteiger partial charge in [-0.2, -0.15) is 0 Å². The van der Waals surface area contributed by atoms with Crippen LogP contribution < -0.4 is 21.7 Å². The SMILES string of the molecule is CCC(=O)NC(CCCN(C)C)CCC(=O)NCCCCC(CC(=O)CCC(=O)Nc1ccc(C(=N)N)cc1)C(=O)O. The molecule has 1 rings (SSSR count). The first-order valence-electron chi connectivity index (χ1n) is 14.6. The number of nitrogens with two attached hydrogens (primary N) is 1. The van der Waals surface area contributed by atoms with Gasteiger partial charge in [0, 0.05) is 55.9 Å². The summed E-state index contributed by atoms with van der Waals surface area (Å²) in [6.45, 7) is 3.10. The summed E-state index contributed by atoms with van der Waals surface area (Å²) in [6.07, 6.45) is 4.08. The average molecular weight is 589 g/mol. The number of anilines is 1. The average Bonchev–Trinajstić information content (AvgIpc) is 2.93. The molecule has 0 aliphatic carbocycles. The van der Waals surface area contributed by atoms with E-state index in [1.165, 1.54) is 0 Å². The number of aliphatic carboxylic acids is 1. The van der Waals surface area contributed by atoms with Crippen LogP contribution in [0.4, 0.5) is 5.69 Å². The highest BCUT2D eigenvalue weighted by Crippen LogP contribution is 2.16. The number of carboxylic acids is 1. The van der Waals surface area contributed by atoms with Gasteiger partial charge in [0.1, 0.15) is 11.6 Å². The summed E-state index contributed by atoms with van der Waals surface area (Å²) in [5.41, 5.74) is 6.44. The van der Waals surface area contributed by atoms with Gasteiger partial charge in [0.25, 0.3) is 0 Å². The van der Waals surface area contributed by atoms with E-state index in [0.29, 0.717) is 56.3 Å². The molecule has 0 saturated heterocycles. The first-order valence-corrected chi connectivity index (χ1v) is 14.6. The number of unbranched alkanes of at least 4 members (excludes halogenated alkanes) is 1. The Morgan fingerprint density at radius 1 is 0.905 bits per heavy atom. The van der Waals surface area contributed by atoms with Crippen LogP contribution in [0.3, 0.4) is 0 Å². The highest BCUT2D eigenvalue weighted by Gasteiger charge is 2.21. The number of amides is 3. The number of ketones is 1. The van der Waals surface area contributed by atoms with Crippen LogP contribution in [0.2, 0.25) is 0 Å². The molecule has 2 atom stereocenters. The van der Waals surface area contributed by atoms with Gasteiger partial charge in [-0.15, -0.1) is 0 Å². The van der Waals surface area contributed by atoms with Crippen LogP contribution in [-0.2, 0) is 24.0 Å². The minimum atomic E-state index is -1.06. The van der Waals surface area contributed by atoms with Crippen molar-refractivity contribution in [1.82, 2.24) is 15.5 Å². The number of nitrogens with one attached hydrogen (secondary N) is 4. The van der Waals surface area contributed by atoms with Gasteiger partial charge >= 0.3 is 5.97 Å². The monoisotopic (exact) mass is 588 g/mol. The Hall–Kier alpha value is -3.80. The number of Topliss-reactive ketones (excluding diaryl/α,β-unsaturated/α-hetero) is 1. The Bertz CT molecular complexity index is 1040. The van der Waals surface area contributed by atoms with E-state index < -0.39 is 11.9 Å². The molecular formula is C30H48N6O6. The van der Waals surface area contributed by atoms with Crippen LogP contribution in [0.25, 0.3) is 0 Å². The quantitative estimate of drug-likeness (QED) is 0.0675. The fraction of sp³-hybridized carbons (Fsp3) is 0.600. The molecule has 0 aromatic heterocycles. The van der Waals surface area contributed by atoms with Gasteiger partial charge in [-0.25, -0.2) is 0 Å². The lowest BCUT2D eigenvalue weighted by Crippen LogP contribution is -2.36. The Kier molecular flexibility index (Phi) is 17.4. The third kappa shape index (κ3) is 16.5. The number of nitrogens with zero attached hydrogens (tertiary/aromatic N) is 1. The second-order valence-electron chi connectivity index (χ2n) is 10.8. The second kappa shape index (κ2) is 20.1. The number of carboxylic acid groups (broad SMARTS) is 1. The molecular weight excluding hydrogens is 540 g/mol. The number of rotatable bonds is 22. The molecule has 0 bridgehead atoms. The first kappa shape index (κ1) is 36.2. The van der Waals surface area contributed by atoms with E-state index in [-0.39, 0.29) is 54.6 Å². The van der Waals surface area contributed by atoms with Gasteiger partial charge in [0.15, 0.2) is 0 Å². The zero-order valence-corrected chi connectivity index (χ0v) is 25.2. The minimum Gasteiger partial charge on any atom is -0.481 e. The Labute approximate surface area is 248 Å². The second-order valence-corrected chi connectivity index (χ2v) is 10.8. The largest absolute Gasteiger partial charge is 0.481 e. The molecule has 12 nitrogen and oxygen atoms in total. The van der Waals surface area contributed by atoms with Crippen LogP contribution in [0.1, 0.15) is 83.1 Å². The van der Waals surface area contributed by atoms with E-state index >= 15 is 0 Å². The topological polar surface area (TPSA) is 195 Å². The molecule has 0 aliphatic heterocycles. The molecule has 234 valence electrons. The van der Waals surface area contributed by atoms with Crippen molar-refractivity contribution in [3.63, 3.8) is 0 Å². The van der Waals surface area contributed by atoms with Crippen molar-refractivity contribution < 1.29 is 29.1 Å². The molecule has 0 heterocycles. The van der Waals surface area contributed by atoms with Gasteiger partial charge in [-0.05, 0) is 77.0 Å². The summed E-state index contributed by atoms with van der Waals surface area (Å²) < 4.78 is 0. The van der Waals surface area contributed by atoms with E-state index in [2.05, 4.69) is 20.9 Å². The zero-order chi connectivity index (χ0) is 31.5. The maximum atomic E-state index is 12.4. The number of hydrogen-bond donors (Lipinski definition) is 6. The van der Waals surface area contributed by atoms with E-state index in [9.17, 15) is 29.1 Å². The summed E-state index contributed by atoms with van der Waals surface area (Å²) in [6, 6.07) is 6.37. The molecule has 0 radical (unpaired) electrons. The summed E-state index contributed by atoms with van der Waals surface area (Å²) in [5, 5.41) is 25.4. The molecule has 1 aromatic rings.